The van der Waals surface area contributed by atoms with Crippen LogP contribution < -0.4 is 0 Å². The summed E-state index contributed by atoms with van der Waals surface area (Å²) in [5.74, 6) is -0.878. The summed E-state index contributed by atoms with van der Waals surface area (Å²) in [7, 11) is 0. The van der Waals surface area contributed by atoms with Crippen LogP contribution in [0.2, 0.25) is 0 Å². The van der Waals surface area contributed by atoms with Crippen LogP contribution in [0.5, 0.6) is 0 Å². The molecular formula is C56H102O6. The Labute approximate surface area is 385 Å². The van der Waals surface area contributed by atoms with E-state index in [0.29, 0.717) is 19.3 Å². The van der Waals surface area contributed by atoms with Crippen molar-refractivity contribution >= 4 is 17.9 Å². The molecule has 1 atom stereocenters. The molecule has 0 heterocycles. The Kier molecular flexibility index (Phi) is 49.3. The van der Waals surface area contributed by atoms with Gasteiger partial charge in [0.2, 0.25) is 0 Å². The molecule has 0 N–H and O–H groups in total. The van der Waals surface area contributed by atoms with Gasteiger partial charge in [0.15, 0.2) is 6.10 Å². The lowest BCUT2D eigenvalue weighted by molar-refractivity contribution is -0.167. The topological polar surface area (TPSA) is 78.9 Å². The fraction of sp³-hybridized carbons (Fsp3) is 0.839. The third-order valence-electron chi connectivity index (χ3n) is 11.9. The monoisotopic (exact) mass is 871 g/mol. The maximum atomic E-state index is 12.8. The van der Waals surface area contributed by atoms with E-state index in [1.165, 1.54) is 180 Å². The van der Waals surface area contributed by atoms with Crippen LogP contribution in [0.1, 0.15) is 284 Å². The van der Waals surface area contributed by atoms with Crippen LogP contribution >= 0.6 is 0 Å². The first-order chi connectivity index (χ1) is 30.5. The minimum Gasteiger partial charge on any atom is -0.462 e. The molecule has 0 saturated carbocycles. The number of ether oxygens (including phenoxy) is 3. The number of hydrogen-bond donors (Lipinski definition) is 0. The van der Waals surface area contributed by atoms with Crippen molar-refractivity contribution < 1.29 is 28.6 Å². The molecule has 62 heavy (non-hydrogen) atoms. The second kappa shape index (κ2) is 51.3. The van der Waals surface area contributed by atoms with Crippen molar-refractivity contribution in [2.75, 3.05) is 13.2 Å². The van der Waals surface area contributed by atoms with Crippen molar-refractivity contribution in [3.63, 3.8) is 0 Å². The molecule has 0 aromatic carbocycles. The van der Waals surface area contributed by atoms with Gasteiger partial charge in [-0.1, -0.05) is 231 Å². The SMILES string of the molecule is CCCCC/C=C\C=C/CCCCCCCCC(=O)OCC(COC(=O)CCCCCCCCCCCCCCCC)OC(=O)CCCCCCCCC/C=C\CCCCCC. The highest BCUT2D eigenvalue weighted by molar-refractivity contribution is 5.71. The van der Waals surface area contributed by atoms with Crippen molar-refractivity contribution in [3.8, 4) is 0 Å². The van der Waals surface area contributed by atoms with Gasteiger partial charge < -0.3 is 14.2 Å². The summed E-state index contributed by atoms with van der Waals surface area (Å²) in [6.45, 7) is 6.61. The van der Waals surface area contributed by atoms with Crippen LogP contribution in [0.15, 0.2) is 36.5 Å². The van der Waals surface area contributed by atoms with Crippen molar-refractivity contribution in [2.45, 2.75) is 290 Å². The van der Waals surface area contributed by atoms with E-state index < -0.39 is 6.10 Å². The fourth-order valence-electron chi connectivity index (χ4n) is 7.78. The number of allylic oxidation sites excluding steroid dienone is 6. The minimum atomic E-state index is -0.775. The summed E-state index contributed by atoms with van der Waals surface area (Å²) >= 11 is 0. The Balaban J connectivity index is 4.37. The number of carbonyl (C=O) groups excluding carboxylic acids is 3. The highest BCUT2D eigenvalue weighted by Crippen LogP contribution is 2.16. The molecule has 6 nitrogen and oxygen atoms in total. The molecule has 362 valence electrons. The van der Waals surface area contributed by atoms with Gasteiger partial charge in [0.1, 0.15) is 13.2 Å². The average Bonchev–Trinajstić information content (AvgIpc) is 3.27. The number of carbonyl (C=O) groups is 3. The quantitative estimate of drug-likeness (QED) is 0.0199. The predicted molar refractivity (Wildman–Crippen MR) is 266 cm³/mol. The first kappa shape index (κ1) is 59.6. The zero-order chi connectivity index (χ0) is 45.1. The third kappa shape index (κ3) is 48.7. The van der Waals surface area contributed by atoms with Gasteiger partial charge in [0.25, 0.3) is 0 Å². The second-order valence-electron chi connectivity index (χ2n) is 18.2. The molecule has 0 saturated heterocycles. The first-order valence-corrected chi connectivity index (χ1v) is 27.0. The van der Waals surface area contributed by atoms with Gasteiger partial charge in [0, 0.05) is 19.3 Å². The molecule has 0 aliphatic heterocycles. The molecule has 0 radical (unpaired) electrons. The lowest BCUT2D eigenvalue weighted by atomic mass is 10.0. The van der Waals surface area contributed by atoms with E-state index in [4.69, 9.17) is 14.2 Å². The van der Waals surface area contributed by atoms with Crippen molar-refractivity contribution in [2.24, 2.45) is 0 Å². The molecule has 0 fully saturated rings. The van der Waals surface area contributed by atoms with Crippen molar-refractivity contribution in [1.82, 2.24) is 0 Å². The molecule has 0 bridgehead atoms. The van der Waals surface area contributed by atoms with E-state index in [-0.39, 0.29) is 31.1 Å². The van der Waals surface area contributed by atoms with Crippen LogP contribution in [-0.2, 0) is 28.6 Å². The highest BCUT2D eigenvalue weighted by Gasteiger charge is 2.19. The average molecular weight is 871 g/mol. The second-order valence-corrected chi connectivity index (χ2v) is 18.2. The lowest BCUT2D eigenvalue weighted by Crippen LogP contribution is -2.30. The standard InChI is InChI=1S/C56H102O6/c1-4-7-10-13-16-19-22-25-28-31-34-37-40-43-46-49-55(58)61-52-53(51-60-54(57)48-45-42-39-36-33-30-27-24-21-18-15-12-9-6-3)62-56(59)50-47-44-41-38-35-32-29-26-23-20-17-14-11-8-5-2/h16,19-20,22-23,25,53H,4-15,17-18,21,24,26-52H2,1-3H3/b19-16-,23-20-,25-22-. The van der Waals surface area contributed by atoms with Crippen molar-refractivity contribution in [1.29, 1.82) is 0 Å². The van der Waals surface area contributed by atoms with Gasteiger partial charge in [0.05, 0.1) is 0 Å². The van der Waals surface area contributed by atoms with E-state index in [0.717, 1.165) is 64.2 Å². The minimum absolute atomic E-state index is 0.0745. The van der Waals surface area contributed by atoms with Crippen LogP contribution in [0.3, 0.4) is 0 Å². The normalized spacial score (nSPS) is 12.2. The Hall–Kier alpha value is -2.37. The summed E-state index contributed by atoms with van der Waals surface area (Å²) in [5, 5.41) is 0. The number of hydrogen-bond acceptors (Lipinski definition) is 6. The van der Waals surface area contributed by atoms with Crippen molar-refractivity contribution in [3.05, 3.63) is 36.5 Å². The lowest BCUT2D eigenvalue weighted by Gasteiger charge is -2.18. The van der Waals surface area contributed by atoms with E-state index in [9.17, 15) is 14.4 Å². The largest absolute Gasteiger partial charge is 0.462 e. The fourth-order valence-corrected chi connectivity index (χ4v) is 7.78. The van der Waals surface area contributed by atoms with E-state index in [2.05, 4.69) is 57.2 Å². The van der Waals surface area contributed by atoms with Gasteiger partial charge in [-0.25, -0.2) is 0 Å². The van der Waals surface area contributed by atoms with Crippen LogP contribution in [-0.4, -0.2) is 37.2 Å². The number of rotatable bonds is 49. The summed E-state index contributed by atoms with van der Waals surface area (Å²) in [6, 6.07) is 0. The Morgan fingerprint density at radius 1 is 0.323 bits per heavy atom. The number of esters is 3. The smallest absolute Gasteiger partial charge is 0.306 e. The summed E-state index contributed by atoms with van der Waals surface area (Å²) in [6.07, 6.45) is 59.8. The van der Waals surface area contributed by atoms with E-state index in [1.807, 2.05) is 0 Å². The van der Waals surface area contributed by atoms with Gasteiger partial charge in [-0.2, -0.15) is 0 Å². The van der Waals surface area contributed by atoms with Gasteiger partial charge >= 0.3 is 17.9 Å². The summed E-state index contributed by atoms with van der Waals surface area (Å²) in [5.41, 5.74) is 0. The first-order valence-electron chi connectivity index (χ1n) is 27.0. The summed E-state index contributed by atoms with van der Waals surface area (Å²) < 4.78 is 16.8. The van der Waals surface area contributed by atoms with Gasteiger partial charge in [-0.3, -0.25) is 14.4 Å². The highest BCUT2D eigenvalue weighted by atomic mass is 16.6. The Morgan fingerprint density at radius 2 is 0.581 bits per heavy atom. The molecule has 0 aliphatic rings. The Bertz CT molecular complexity index is 1050. The van der Waals surface area contributed by atoms with E-state index >= 15 is 0 Å². The molecule has 1 unspecified atom stereocenters. The zero-order valence-electron chi connectivity index (χ0n) is 41.4. The molecule has 0 aromatic rings. The van der Waals surface area contributed by atoms with Crippen LogP contribution in [0.4, 0.5) is 0 Å². The van der Waals surface area contributed by atoms with Crippen LogP contribution in [0, 0.1) is 0 Å². The van der Waals surface area contributed by atoms with Gasteiger partial charge in [-0.15, -0.1) is 0 Å². The third-order valence-corrected chi connectivity index (χ3v) is 11.9. The number of unbranched alkanes of at least 4 members (excludes halogenated alkanes) is 33. The molecule has 6 heteroatoms. The zero-order valence-corrected chi connectivity index (χ0v) is 41.4. The summed E-state index contributed by atoms with van der Waals surface area (Å²) in [4.78, 5) is 38.0. The molecule has 0 aromatic heterocycles. The van der Waals surface area contributed by atoms with Crippen LogP contribution in [0.25, 0.3) is 0 Å². The molecule has 0 rings (SSSR count). The maximum absolute atomic E-state index is 12.8. The molecular weight excluding hydrogens is 769 g/mol. The maximum Gasteiger partial charge on any atom is 0.306 e. The van der Waals surface area contributed by atoms with Gasteiger partial charge in [-0.05, 0) is 70.6 Å². The predicted octanol–water partition coefficient (Wildman–Crippen LogP) is 17.7. The molecule has 0 amide bonds. The molecule has 0 aliphatic carbocycles. The van der Waals surface area contributed by atoms with E-state index in [1.54, 1.807) is 0 Å². The molecule has 0 spiro atoms. The Morgan fingerprint density at radius 3 is 0.952 bits per heavy atom.